The van der Waals surface area contributed by atoms with Crippen LogP contribution in [0.5, 0.6) is 11.5 Å². The van der Waals surface area contributed by atoms with Crippen LogP contribution in [-0.4, -0.2) is 0 Å². The van der Waals surface area contributed by atoms with Gasteiger partial charge in [-0.15, -0.1) is 0 Å². The van der Waals surface area contributed by atoms with E-state index in [0.717, 1.165) is 17.1 Å². The van der Waals surface area contributed by atoms with Gasteiger partial charge in [0.25, 0.3) is 0 Å². The highest BCUT2D eigenvalue weighted by atomic mass is 16.5. The predicted molar refractivity (Wildman–Crippen MR) is 232 cm³/mol. The lowest BCUT2D eigenvalue weighted by Gasteiger charge is -2.31. The average Bonchev–Trinajstić information content (AvgIpc) is 3.72. The number of ether oxygens (including phenoxy) is 1. The number of rotatable bonds is 2. The van der Waals surface area contributed by atoms with E-state index in [1.54, 1.807) is 0 Å². The Kier molecular flexibility index (Phi) is 5.89. The van der Waals surface area contributed by atoms with Crippen molar-refractivity contribution in [1.82, 2.24) is 0 Å². The summed E-state index contributed by atoms with van der Waals surface area (Å²) in [4.78, 5) is 0. The van der Waals surface area contributed by atoms with E-state index in [0.29, 0.717) is 0 Å². The van der Waals surface area contributed by atoms with Crippen molar-refractivity contribution in [3.8, 4) is 67.1 Å². The minimum atomic E-state index is -0.501. The molecule has 0 N–H and O–H groups in total. The molecule has 2 aliphatic carbocycles. The molecule has 0 aromatic heterocycles. The molecule has 1 heterocycles. The molecule has 1 aliphatic heterocycles. The summed E-state index contributed by atoms with van der Waals surface area (Å²) >= 11 is 0. The zero-order valence-corrected chi connectivity index (χ0v) is 30.4. The van der Waals surface area contributed by atoms with Crippen molar-refractivity contribution in [2.24, 2.45) is 0 Å². The van der Waals surface area contributed by atoms with Crippen LogP contribution < -0.4 is 4.74 Å². The minimum absolute atomic E-state index is 0.501. The number of fused-ring (bicyclic) bond motifs is 14. The van der Waals surface area contributed by atoms with Crippen molar-refractivity contribution in [2.75, 3.05) is 0 Å². The molecule has 56 heavy (non-hydrogen) atoms. The van der Waals surface area contributed by atoms with Gasteiger partial charge in [-0.2, -0.15) is 0 Å². The first-order chi connectivity index (χ1) is 27.8. The molecule has 258 valence electrons. The number of hydrogen-bond donors (Lipinski definition) is 0. The SMILES string of the molecule is c1ccc2c(c1)-c1ccccc1C21c2cc3ccccc3cc2-c2c(-c3cccc4ccccc34)cc(-c3ccc4c(c3)-c3cccc5cccc(c35)O4)cc21. The van der Waals surface area contributed by atoms with E-state index in [1.807, 2.05) is 0 Å². The Labute approximate surface area is 324 Å². The van der Waals surface area contributed by atoms with Crippen LogP contribution in [0.15, 0.2) is 194 Å². The molecule has 0 radical (unpaired) electrons. The third-order valence-electron chi connectivity index (χ3n) is 12.8. The fraction of sp³-hybridized carbons (Fsp3) is 0.0182. The number of benzene rings is 10. The van der Waals surface area contributed by atoms with Crippen LogP contribution in [0.4, 0.5) is 0 Å². The Morgan fingerprint density at radius 1 is 0.304 bits per heavy atom. The zero-order valence-electron chi connectivity index (χ0n) is 30.4. The Hall–Kier alpha value is -7.22. The van der Waals surface area contributed by atoms with E-state index in [4.69, 9.17) is 4.74 Å². The summed E-state index contributed by atoms with van der Waals surface area (Å²) in [6.45, 7) is 0. The zero-order chi connectivity index (χ0) is 36.5. The van der Waals surface area contributed by atoms with Crippen molar-refractivity contribution >= 4 is 32.3 Å². The lowest BCUT2D eigenvalue weighted by atomic mass is 9.69. The molecule has 1 heteroatoms. The molecule has 0 fully saturated rings. The predicted octanol–water partition coefficient (Wildman–Crippen LogP) is 14.6. The molecule has 0 amide bonds. The van der Waals surface area contributed by atoms with Crippen LogP contribution in [0.3, 0.4) is 0 Å². The highest BCUT2D eigenvalue weighted by molar-refractivity contribution is 6.09. The van der Waals surface area contributed by atoms with Gasteiger partial charge in [0.15, 0.2) is 0 Å². The third kappa shape index (κ3) is 3.84. The first-order valence-corrected chi connectivity index (χ1v) is 19.5. The monoisotopic (exact) mass is 708 g/mol. The molecule has 0 bridgehead atoms. The van der Waals surface area contributed by atoms with Gasteiger partial charge in [-0.25, -0.2) is 0 Å². The van der Waals surface area contributed by atoms with Gasteiger partial charge in [-0.05, 0) is 142 Å². The summed E-state index contributed by atoms with van der Waals surface area (Å²) < 4.78 is 6.59. The maximum atomic E-state index is 6.59. The quantitative estimate of drug-likeness (QED) is 0.174. The van der Waals surface area contributed by atoms with E-state index >= 15 is 0 Å². The summed E-state index contributed by atoms with van der Waals surface area (Å²) in [5.41, 5.74) is 17.3. The van der Waals surface area contributed by atoms with Crippen LogP contribution in [0.1, 0.15) is 22.3 Å². The largest absolute Gasteiger partial charge is 0.456 e. The molecular weight excluding hydrogens is 677 g/mol. The van der Waals surface area contributed by atoms with Crippen molar-refractivity contribution < 1.29 is 4.74 Å². The minimum Gasteiger partial charge on any atom is -0.456 e. The molecular formula is C55H32O. The van der Waals surface area contributed by atoms with Crippen LogP contribution in [0.2, 0.25) is 0 Å². The second-order valence-electron chi connectivity index (χ2n) is 15.5. The van der Waals surface area contributed by atoms with Gasteiger partial charge in [0.05, 0.1) is 5.41 Å². The first-order valence-electron chi connectivity index (χ1n) is 19.5. The van der Waals surface area contributed by atoms with Gasteiger partial charge in [0, 0.05) is 10.9 Å². The molecule has 3 aliphatic rings. The van der Waals surface area contributed by atoms with E-state index in [2.05, 4.69) is 194 Å². The highest BCUT2D eigenvalue weighted by Crippen LogP contribution is 2.65. The molecule has 1 nitrogen and oxygen atoms in total. The van der Waals surface area contributed by atoms with Crippen molar-refractivity contribution in [2.45, 2.75) is 5.41 Å². The normalized spacial score (nSPS) is 13.6. The summed E-state index contributed by atoms with van der Waals surface area (Å²) in [7, 11) is 0. The molecule has 0 atom stereocenters. The maximum Gasteiger partial charge on any atom is 0.135 e. The molecule has 13 rings (SSSR count). The average molecular weight is 709 g/mol. The molecule has 10 aromatic carbocycles. The van der Waals surface area contributed by atoms with Crippen molar-refractivity contribution in [3.63, 3.8) is 0 Å². The van der Waals surface area contributed by atoms with Crippen LogP contribution in [0.25, 0.3) is 88.0 Å². The Bertz CT molecular complexity index is 3290. The van der Waals surface area contributed by atoms with Gasteiger partial charge >= 0.3 is 0 Å². The fourth-order valence-electron chi connectivity index (χ4n) is 10.5. The van der Waals surface area contributed by atoms with Gasteiger partial charge < -0.3 is 4.74 Å². The van der Waals surface area contributed by atoms with E-state index < -0.39 is 5.41 Å². The molecule has 0 unspecified atom stereocenters. The Morgan fingerprint density at radius 2 is 0.911 bits per heavy atom. The smallest absolute Gasteiger partial charge is 0.135 e. The second kappa shape index (κ2) is 10.9. The third-order valence-corrected chi connectivity index (χ3v) is 12.8. The van der Waals surface area contributed by atoms with E-state index in [-0.39, 0.29) is 0 Å². The van der Waals surface area contributed by atoms with Crippen molar-refractivity contribution in [1.29, 1.82) is 0 Å². The Morgan fingerprint density at radius 3 is 1.71 bits per heavy atom. The summed E-state index contributed by atoms with van der Waals surface area (Å²) in [5.74, 6) is 1.81. The van der Waals surface area contributed by atoms with Crippen molar-refractivity contribution in [3.05, 3.63) is 216 Å². The summed E-state index contributed by atoms with van der Waals surface area (Å²) in [6, 6.07) is 72.3. The van der Waals surface area contributed by atoms with Crippen LogP contribution >= 0.6 is 0 Å². The molecule has 10 aromatic rings. The fourth-order valence-corrected chi connectivity index (χ4v) is 10.5. The van der Waals surface area contributed by atoms with E-state index in [9.17, 15) is 0 Å². The standard InChI is InChI=1S/C55H32O/c1-2-14-36-31-49-46(29-35(36)13-1)54-45(40-21-9-15-33-12-3-4-18-39(33)40)30-38(32-50(54)55(49)47-23-7-5-19-41(47)42-20-6-8-24-48(42)55)37-26-27-51-44(28-37)43-22-10-16-34-17-11-25-52(56-51)53(34)43/h1-32H. The van der Waals surface area contributed by atoms with Gasteiger partial charge in [-0.3, -0.25) is 0 Å². The highest BCUT2D eigenvalue weighted by Gasteiger charge is 2.52. The molecule has 0 saturated heterocycles. The topological polar surface area (TPSA) is 9.23 Å². The molecule has 0 saturated carbocycles. The van der Waals surface area contributed by atoms with Gasteiger partial charge in [0.2, 0.25) is 0 Å². The lowest BCUT2D eigenvalue weighted by Crippen LogP contribution is -2.26. The maximum absolute atomic E-state index is 6.59. The summed E-state index contributed by atoms with van der Waals surface area (Å²) in [5, 5.41) is 7.38. The number of hydrogen-bond acceptors (Lipinski definition) is 1. The first kappa shape index (κ1) is 30.1. The van der Waals surface area contributed by atoms with Gasteiger partial charge in [0.1, 0.15) is 11.5 Å². The van der Waals surface area contributed by atoms with Crippen LogP contribution in [-0.2, 0) is 5.41 Å². The second-order valence-corrected chi connectivity index (χ2v) is 15.5. The lowest BCUT2D eigenvalue weighted by molar-refractivity contribution is 0.487. The van der Waals surface area contributed by atoms with Crippen LogP contribution in [0, 0.1) is 0 Å². The van der Waals surface area contributed by atoms with Gasteiger partial charge in [-0.1, -0.05) is 152 Å². The summed E-state index contributed by atoms with van der Waals surface area (Å²) in [6.07, 6.45) is 0. The Balaban J connectivity index is 1.18. The van der Waals surface area contributed by atoms with E-state index in [1.165, 1.54) is 105 Å². The molecule has 1 spiro atoms.